The van der Waals surface area contributed by atoms with Crippen LogP contribution in [-0.2, 0) is 4.79 Å². The Morgan fingerprint density at radius 3 is 2.59 bits per heavy atom. The topological polar surface area (TPSA) is 46.3 Å². The summed E-state index contributed by atoms with van der Waals surface area (Å²) in [6.45, 7) is 3.94. The molecule has 98 valence electrons. The maximum atomic E-state index is 11.8. The highest BCUT2D eigenvalue weighted by Gasteiger charge is 2.28. The van der Waals surface area contributed by atoms with Crippen molar-refractivity contribution >= 4 is 5.78 Å². The predicted molar refractivity (Wildman–Crippen MR) is 69.8 cm³/mol. The summed E-state index contributed by atoms with van der Waals surface area (Å²) < 4.78 is 0. The van der Waals surface area contributed by atoms with Gasteiger partial charge in [-0.25, -0.2) is 0 Å². The van der Waals surface area contributed by atoms with Gasteiger partial charge in [0.25, 0.3) is 0 Å². The van der Waals surface area contributed by atoms with Crippen LogP contribution in [0.25, 0.3) is 0 Å². The molecule has 0 spiro atoms. The van der Waals surface area contributed by atoms with E-state index in [4.69, 9.17) is 5.73 Å². The third-order valence-electron chi connectivity index (χ3n) is 4.51. The maximum absolute atomic E-state index is 11.8. The first kappa shape index (κ1) is 13.0. The second-order valence-electron chi connectivity index (χ2n) is 5.93. The lowest BCUT2D eigenvalue weighted by Crippen LogP contribution is -2.41. The zero-order valence-corrected chi connectivity index (χ0v) is 11.0. The van der Waals surface area contributed by atoms with Crippen molar-refractivity contribution in [1.82, 2.24) is 4.90 Å². The fourth-order valence-corrected chi connectivity index (χ4v) is 3.18. The first-order valence-electron chi connectivity index (χ1n) is 7.19. The minimum Gasteiger partial charge on any atom is -0.321 e. The molecule has 2 aliphatic rings. The fourth-order valence-electron chi connectivity index (χ4n) is 3.18. The zero-order valence-electron chi connectivity index (χ0n) is 11.0. The van der Waals surface area contributed by atoms with Gasteiger partial charge in [-0.15, -0.1) is 0 Å². The van der Waals surface area contributed by atoms with Crippen LogP contribution in [0.2, 0.25) is 0 Å². The van der Waals surface area contributed by atoms with Gasteiger partial charge in [0.05, 0.1) is 12.6 Å². The van der Waals surface area contributed by atoms with Gasteiger partial charge in [0.1, 0.15) is 0 Å². The summed E-state index contributed by atoms with van der Waals surface area (Å²) in [5.74, 6) is 1.05. The number of hydrogen-bond acceptors (Lipinski definition) is 3. The molecule has 1 aliphatic carbocycles. The number of carbonyl (C=O) groups excluding carboxylic acids is 1. The van der Waals surface area contributed by atoms with Crippen molar-refractivity contribution in [2.45, 2.75) is 64.0 Å². The van der Waals surface area contributed by atoms with Crippen molar-refractivity contribution in [3.05, 3.63) is 0 Å². The number of nitrogens with zero attached hydrogens (tertiary/aromatic N) is 1. The quantitative estimate of drug-likeness (QED) is 0.800. The molecule has 17 heavy (non-hydrogen) atoms. The summed E-state index contributed by atoms with van der Waals surface area (Å²) in [5, 5.41) is 0. The largest absolute Gasteiger partial charge is 0.321 e. The number of likely N-dealkylation sites (tertiary alicyclic amines) is 1. The van der Waals surface area contributed by atoms with Crippen molar-refractivity contribution in [3.8, 4) is 0 Å². The van der Waals surface area contributed by atoms with E-state index in [9.17, 15) is 4.79 Å². The van der Waals surface area contributed by atoms with Crippen LogP contribution in [0.3, 0.4) is 0 Å². The SMILES string of the molecule is C[C@@H]1CC[C@H](N)C(=O)CN1CC1CCCCC1. The minimum absolute atomic E-state index is 0.214. The summed E-state index contributed by atoms with van der Waals surface area (Å²) in [4.78, 5) is 14.2. The van der Waals surface area contributed by atoms with Crippen LogP contribution in [0.4, 0.5) is 0 Å². The maximum Gasteiger partial charge on any atom is 0.163 e. The lowest BCUT2D eigenvalue weighted by Gasteiger charge is -2.32. The van der Waals surface area contributed by atoms with E-state index >= 15 is 0 Å². The second kappa shape index (κ2) is 5.96. The van der Waals surface area contributed by atoms with Gasteiger partial charge < -0.3 is 5.73 Å². The summed E-state index contributed by atoms with van der Waals surface area (Å²) in [5.41, 5.74) is 5.86. The molecule has 2 N–H and O–H groups in total. The zero-order chi connectivity index (χ0) is 12.3. The molecule has 1 saturated carbocycles. The number of Topliss-reactive ketones (excluding diaryl/α,β-unsaturated/α-hetero) is 1. The number of rotatable bonds is 2. The van der Waals surface area contributed by atoms with E-state index in [1.165, 1.54) is 32.1 Å². The number of hydrogen-bond donors (Lipinski definition) is 1. The average Bonchev–Trinajstić information content (AvgIpc) is 2.45. The van der Waals surface area contributed by atoms with Crippen LogP contribution < -0.4 is 5.73 Å². The molecule has 2 atom stereocenters. The van der Waals surface area contributed by atoms with E-state index < -0.39 is 0 Å². The van der Waals surface area contributed by atoms with E-state index in [2.05, 4.69) is 11.8 Å². The normalized spacial score (nSPS) is 33.6. The van der Waals surface area contributed by atoms with E-state index in [-0.39, 0.29) is 11.8 Å². The van der Waals surface area contributed by atoms with Gasteiger partial charge in [0.2, 0.25) is 0 Å². The van der Waals surface area contributed by atoms with E-state index in [1.54, 1.807) is 0 Å². The summed E-state index contributed by atoms with van der Waals surface area (Å²) in [7, 11) is 0. The average molecular weight is 238 g/mol. The van der Waals surface area contributed by atoms with Crippen LogP contribution >= 0.6 is 0 Å². The highest BCUT2D eigenvalue weighted by atomic mass is 16.1. The molecular weight excluding hydrogens is 212 g/mol. The van der Waals surface area contributed by atoms with Gasteiger partial charge in [-0.3, -0.25) is 9.69 Å². The van der Waals surface area contributed by atoms with Gasteiger partial charge in [-0.1, -0.05) is 19.3 Å². The standard InChI is InChI=1S/C14H26N2O/c1-11-7-8-13(15)14(17)10-16(11)9-12-5-3-2-4-6-12/h11-13H,2-10,15H2,1H3/t11-,13+/m1/s1. The first-order chi connectivity index (χ1) is 8.16. The van der Waals surface area contributed by atoms with Gasteiger partial charge in [-0.05, 0) is 38.5 Å². The summed E-state index contributed by atoms with van der Waals surface area (Å²) in [6, 6.07) is 0.309. The fraction of sp³-hybridized carbons (Fsp3) is 0.929. The van der Waals surface area contributed by atoms with Crippen molar-refractivity contribution in [2.75, 3.05) is 13.1 Å². The van der Waals surface area contributed by atoms with Crippen molar-refractivity contribution in [2.24, 2.45) is 11.7 Å². The molecule has 1 saturated heterocycles. The Labute approximate surface area is 105 Å². The summed E-state index contributed by atoms with van der Waals surface area (Å²) >= 11 is 0. The second-order valence-corrected chi connectivity index (χ2v) is 5.93. The van der Waals surface area contributed by atoms with Crippen LogP contribution in [-0.4, -0.2) is 35.9 Å². The molecule has 2 rings (SSSR count). The Kier molecular flexibility index (Phi) is 4.57. The van der Waals surface area contributed by atoms with Crippen LogP contribution in [0.5, 0.6) is 0 Å². The third-order valence-corrected chi connectivity index (χ3v) is 4.51. The van der Waals surface area contributed by atoms with Gasteiger partial charge in [0, 0.05) is 12.6 Å². The van der Waals surface area contributed by atoms with Crippen molar-refractivity contribution in [3.63, 3.8) is 0 Å². The van der Waals surface area contributed by atoms with Crippen molar-refractivity contribution in [1.29, 1.82) is 0 Å². The van der Waals surface area contributed by atoms with Crippen LogP contribution in [0.15, 0.2) is 0 Å². The molecule has 3 heteroatoms. The Hall–Kier alpha value is -0.410. The van der Waals surface area contributed by atoms with Gasteiger partial charge in [-0.2, -0.15) is 0 Å². The van der Waals surface area contributed by atoms with Crippen LogP contribution in [0, 0.1) is 5.92 Å². The van der Waals surface area contributed by atoms with Crippen LogP contribution in [0.1, 0.15) is 51.9 Å². The highest BCUT2D eigenvalue weighted by Crippen LogP contribution is 2.26. The molecule has 0 aromatic rings. The van der Waals surface area contributed by atoms with Gasteiger partial charge in [0.15, 0.2) is 5.78 Å². The molecule has 3 nitrogen and oxygen atoms in total. The van der Waals surface area contributed by atoms with Gasteiger partial charge >= 0.3 is 0 Å². The number of carbonyl (C=O) groups is 1. The lowest BCUT2D eigenvalue weighted by atomic mass is 9.88. The molecule has 1 heterocycles. The van der Waals surface area contributed by atoms with Crippen molar-refractivity contribution < 1.29 is 4.79 Å². The molecule has 1 aliphatic heterocycles. The molecule has 0 aromatic heterocycles. The van der Waals surface area contributed by atoms with E-state index in [0.29, 0.717) is 12.6 Å². The van der Waals surface area contributed by atoms with E-state index in [1.807, 2.05) is 0 Å². The Morgan fingerprint density at radius 1 is 1.18 bits per heavy atom. The molecule has 0 unspecified atom stereocenters. The molecular formula is C14H26N2O. The predicted octanol–water partition coefficient (Wildman–Crippen LogP) is 1.95. The van der Waals surface area contributed by atoms with E-state index in [0.717, 1.165) is 25.3 Å². The molecule has 2 fully saturated rings. The molecule has 0 aromatic carbocycles. The molecule has 0 bridgehead atoms. The lowest BCUT2D eigenvalue weighted by molar-refractivity contribution is -0.121. The monoisotopic (exact) mass is 238 g/mol. The summed E-state index contributed by atoms with van der Waals surface area (Å²) in [6.07, 6.45) is 8.78. The smallest absolute Gasteiger partial charge is 0.163 e. The molecule has 0 radical (unpaired) electrons. The molecule has 0 amide bonds. The first-order valence-corrected chi connectivity index (χ1v) is 7.19. The third kappa shape index (κ3) is 3.52. The Bertz CT molecular complexity index is 261. The Balaban J connectivity index is 1.90. The Morgan fingerprint density at radius 2 is 1.88 bits per heavy atom. The number of ketones is 1. The number of nitrogens with two attached hydrogens (primary N) is 1. The minimum atomic E-state index is -0.214. The highest BCUT2D eigenvalue weighted by molar-refractivity contribution is 5.85.